The van der Waals surface area contributed by atoms with Crippen LogP contribution >= 0.6 is 11.3 Å². The molecule has 182 valence electrons. The third kappa shape index (κ3) is 5.54. The first-order chi connectivity index (χ1) is 16.8. The Bertz CT molecular complexity index is 1160. The summed E-state index contributed by atoms with van der Waals surface area (Å²) in [6.45, 7) is 3.98. The molecule has 3 N–H and O–H groups in total. The Hall–Kier alpha value is -3.65. The summed E-state index contributed by atoms with van der Waals surface area (Å²) in [6.07, 6.45) is -0.372. The summed E-state index contributed by atoms with van der Waals surface area (Å²) in [6, 6.07) is 17.4. The number of amides is 2. The lowest BCUT2D eigenvalue weighted by atomic mass is 9.98. The number of benzene rings is 2. The number of carboxylic acid groups (broad SMARTS) is 1. The van der Waals surface area contributed by atoms with Crippen LogP contribution in [0.3, 0.4) is 0 Å². The molecule has 0 bridgehead atoms. The van der Waals surface area contributed by atoms with Gasteiger partial charge in [-0.3, -0.25) is 4.79 Å². The van der Waals surface area contributed by atoms with Crippen LogP contribution in [0, 0.1) is 5.92 Å². The lowest BCUT2D eigenvalue weighted by Crippen LogP contribution is -2.49. The standard InChI is InChI=1S/C27H28N2O5S/c1-16(2)14-22(25(30)29-24(26(31)32)23-12-7-13-35-23)28-27(33)34-15-21-19-10-5-3-8-17(19)18-9-4-6-11-20(18)21/h3-13,16,21-22,24H,14-15H2,1-2H3,(H,28,33)(H,29,30)(H,31,32)/t22-,24?/m1/s1. The normalized spacial score (nSPS) is 14.0. The third-order valence-corrected chi connectivity index (χ3v) is 6.96. The van der Waals surface area contributed by atoms with Gasteiger partial charge in [-0.05, 0) is 46.0 Å². The smallest absolute Gasteiger partial charge is 0.407 e. The lowest BCUT2D eigenvalue weighted by molar-refractivity contribution is -0.142. The predicted molar refractivity (Wildman–Crippen MR) is 134 cm³/mol. The maximum atomic E-state index is 13.0. The zero-order valence-corrected chi connectivity index (χ0v) is 20.4. The van der Waals surface area contributed by atoms with E-state index in [0.717, 1.165) is 22.3 Å². The zero-order chi connectivity index (χ0) is 24.9. The van der Waals surface area contributed by atoms with Gasteiger partial charge >= 0.3 is 12.1 Å². The first-order valence-corrected chi connectivity index (χ1v) is 12.4. The summed E-state index contributed by atoms with van der Waals surface area (Å²) in [5, 5.41) is 16.5. The molecule has 0 spiro atoms. The van der Waals surface area contributed by atoms with E-state index >= 15 is 0 Å². The number of rotatable bonds is 9. The SMILES string of the molecule is CC(C)C[C@@H](NC(=O)OCC1c2ccccc2-c2ccccc21)C(=O)NC(C(=O)O)c1cccs1. The summed E-state index contributed by atoms with van der Waals surface area (Å²) >= 11 is 1.24. The molecule has 1 aliphatic rings. The van der Waals surface area contributed by atoms with Crippen LogP contribution in [0.15, 0.2) is 66.0 Å². The molecule has 2 aromatic carbocycles. The van der Waals surface area contributed by atoms with Gasteiger partial charge in [-0.1, -0.05) is 68.4 Å². The van der Waals surface area contributed by atoms with Crippen molar-refractivity contribution in [1.29, 1.82) is 0 Å². The molecule has 3 aromatic rings. The van der Waals surface area contributed by atoms with Crippen LogP contribution in [0.4, 0.5) is 4.79 Å². The summed E-state index contributed by atoms with van der Waals surface area (Å²) in [4.78, 5) is 38.0. The number of thiophene rings is 1. The summed E-state index contributed by atoms with van der Waals surface area (Å²) in [5.41, 5.74) is 4.45. The molecule has 0 aliphatic heterocycles. The topological polar surface area (TPSA) is 105 Å². The number of carboxylic acids is 1. The minimum Gasteiger partial charge on any atom is -0.479 e. The van der Waals surface area contributed by atoms with E-state index in [2.05, 4.69) is 22.8 Å². The molecule has 7 nitrogen and oxygen atoms in total. The molecule has 1 heterocycles. The van der Waals surface area contributed by atoms with Crippen molar-refractivity contribution in [2.45, 2.75) is 38.3 Å². The monoisotopic (exact) mass is 492 g/mol. The summed E-state index contributed by atoms with van der Waals surface area (Å²) in [7, 11) is 0. The highest BCUT2D eigenvalue weighted by Crippen LogP contribution is 2.44. The number of hydrogen-bond donors (Lipinski definition) is 3. The molecule has 2 atom stereocenters. The van der Waals surface area contributed by atoms with Crippen molar-refractivity contribution in [3.63, 3.8) is 0 Å². The van der Waals surface area contributed by atoms with Crippen LogP contribution in [0.25, 0.3) is 11.1 Å². The molecule has 0 saturated heterocycles. The van der Waals surface area contributed by atoms with E-state index in [1.54, 1.807) is 17.5 Å². The van der Waals surface area contributed by atoms with Crippen molar-refractivity contribution in [3.8, 4) is 11.1 Å². The second-order valence-corrected chi connectivity index (χ2v) is 9.93. The van der Waals surface area contributed by atoms with Gasteiger partial charge in [0.25, 0.3) is 0 Å². The van der Waals surface area contributed by atoms with Gasteiger partial charge in [0.2, 0.25) is 5.91 Å². The molecule has 1 aliphatic carbocycles. The molecule has 0 fully saturated rings. The molecule has 35 heavy (non-hydrogen) atoms. The highest BCUT2D eigenvalue weighted by Gasteiger charge is 2.31. The Morgan fingerprint density at radius 3 is 2.11 bits per heavy atom. The van der Waals surface area contributed by atoms with Crippen molar-refractivity contribution in [2.24, 2.45) is 5.92 Å². The molecular formula is C27H28N2O5S. The Labute approximate surface area is 208 Å². The lowest BCUT2D eigenvalue weighted by Gasteiger charge is -2.23. The number of carbonyl (C=O) groups is 3. The first-order valence-electron chi connectivity index (χ1n) is 11.5. The fourth-order valence-electron chi connectivity index (χ4n) is 4.44. The molecule has 1 aromatic heterocycles. The quantitative estimate of drug-likeness (QED) is 0.392. The van der Waals surface area contributed by atoms with Gasteiger partial charge < -0.3 is 20.5 Å². The van der Waals surface area contributed by atoms with Gasteiger partial charge in [0.1, 0.15) is 12.6 Å². The van der Waals surface area contributed by atoms with Crippen LogP contribution in [-0.2, 0) is 14.3 Å². The number of alkyl carbamates (subject to hydrolysis) is 1. The Kier molecular flexibility index (Phi) is 7.51. The van der Waals surface area contributed by atoms with Gasteiger partial charge in [-0.15, -0.1) is 11.3 Å². The van der Waals surface area contributed by atoms with E-state index in [0.29, 0.717) is 11.3 Å². The van der Waals surface area contributed by atoms with Crippen molar-refractivity contribution < 1.29 is 24.2 Å². The Balaban J connectivity index is 1.43. The van der Waals surface area contributed by atoms with Crippen LogP contribution in [0.1, 0.15) is 48.2 Å². The van der Waals surface area contributed by atoms with Crippen molar-refractivity contribution >= 4 is 29.3 Å². The van der Waals surface area contributed by atoms with Gasteiger partial charge in [0, 0.05) is 10.8 Å². The fraction of sp³-hybridized carbons (Fsp3) is 0.296. The van der Waals surface area contributed by atoms with E-state index in [9.17, 15) is 19.5 Å². The van der Waals surface area contributed by atoms with Crippen molar-refractivity contribution in [3.05, 3.63) is 82.0 Å². The number of aliphatic carboxylic acids is 1. The highest BCUT2D eigenvalue weighted by atomic mass is 32.1. The van der Waals surface area contributed by atoms with Gasteiger partial charge in [0.05, 0.1) is 0 Å². The number of nitrogens with one attached hydrogen (secondary N) is 2. The summed E-state index contributed by atoms with van der Waals surface area (Å²) < 4.78 is 5.58. The number of hydrogen-bond acceptors (Lipinski definition) is 5. The van der Waals surface area contributed by atoms with E-state index in [4.69, 9.17) is 4.74 Å². The Morgan fingerprint density at radius 2 is 1.57 bits per heavy atom. The van der Waals surface area contributed by atoms with E-state index in [1.807, 2.05) is 50.2 Å². The number of fused-ring (bicyclic) bond motifs is 3. The van der Waals surface area contributed by atoms with Gasteiger partial charge in [-0.25, -0.2) is 9.59 Å². The summed E-state index contributed by atoms with van der Waals surface area (Å²) in [5.74, 6) is -1.73. The van der Waals surface area contributed by atoms with Gasteiger partial charge in [-0.2, -0.15) is 0 Å². The molecule has 1 unspecified atom stereocenters. The largest absolute Gasteiger partial charge is 0.479 e. The van der Waals surface area contributed by atoms with E-state index in [1.165, 1.54) is 11.3 Å². The van der Waals surface area contributed by atoms with Crippen molar-refractivity contribution in [2.75, 3.05) is 6.61 Å². The second-order valence-electron chi connectivity index (χ2n) is 8.95. The molecule has 4 rings (SSSR count). The number of carbonyl (C=O) groups excluding carboxylic acids is 2. The third-order valence-electron chi connectivity index (χ3n) is 6.02. The predicted octanol–water partition coefficient (Wildman–Crippen LogP) is 4.94. The maximum absolute atomic E-state index is 13.0. The molecule has 0 radical (unpaired) electrons. The molecule has 2 amide bonds. The molecule has 8 heteroatoms. The van der Waals surface area contributed by atoms with Gasteiger partial charge in [0.15, 0.2) is 6.04 Å². The Morgan fingerprint density at radius 1 is 0.943 bits per heavy atom. The van der Waals surface area contributed by atoms with Crippen molar-refractivity contribution in [1.82, 2.24) is 10.6 Å². The molecule has 0 saturated carbocycles. The first kappa shape index (κ1) is 24.5. The average molecular weight is 493 g/mol. The number of ether oxygens (including phenoxy) is 1. The van der Waals surface area contributed by atoms with Crippen LogP contribution in [0.2, 0.25) is 0 Å². The minimum atomic E-state index is -1.18. The van der Waals surface area contributed by atoms with Crippen LogP contribution in [0.5, 0.6) is 0 Å². The van der Waals surface area contributed by atoms with Crippen LogP contribution in [-0.4, -0.2) is 35.7 Å². The van der Waals surface area contributed by atoms with Crippen LogP contribution < -0.4 is 10.6 Å². The van der Waals surface area contributed by atoms with E-state index in [-0.39, 0.29) is 18.4 Å². The second kappa shape index (κ2) is 10.7. The maximum Gasteiger partial charge on any atom is 0.407 e. The zero-order valence-electron chi connectivity index (χ0n) is 19.6. The fourth-order valence-corrected chi connectivity index (χ4v) is 5.21. The van der Waals surface area contributed by atoms with E-state index < -0.39 is 30.1 Å². The average Bonchev–Trinajstić information content (AvgIpc) is 3.47. The molecular weight excluding hydrogens is 464 g/mol. The minimum absolute atomic E-state index is 0.0876. The highest BCUT2D eigenvalue weighted by molar-refractivity contribution is 7.10.